The van der Waals surface area contributed by atoms with Crippen LogP contribution < -0.4 is 14.4 Å². The Balaban J connectivity index is 1.70. The number of rotatable bonds is 7. The van der Waals surface area contributed by atoms with E-state index in [0.717, 1.165) is 22.7 Å². The van der Waals surface area contributed by atoms with Gasteiger partial charge in [0.1, 0.15) is 17.2 Å². The van der Waals surface area contributed by atoms with E-state index in [2.05, 4.69) is 0 Å². The zero-order valence-electron chi connectivity index (χ0n) is 18.4. The van der Waals surface area contributed by atoms with E-state index in [9.17, 15) is 9.90 Å². The quantitative estimate of drug-likeness (QED) is 0.438. The Morgan fingerprint density at radius 1 is 0.879 bits per heavy atom. The van der Waals surface area contributed by atoms with Crippen LogP contribution in [0.15, 0.2) is 82.7 Å². The molecule has 0 aromatic heterocycles. The number of ether oxygens (including phenoxy) is 2. The summed E-state index contributed by atoms with van der Waals surface area (Å²) in [6, 6.07) is 21.5. The first kappa shape index (κ1) is 22.5. The van der Waals surface area contributed by atoms with E-state index in [1.54, 1.807) is 35.2 Å². The summed E-state index contributed by atoms with van der Waals surface area (Å²) in [4.78, 5) is 20.3. The Morgan fingerprint density at radius 3 is 2.03 bits per heavy atom. The van der Waals surface area contributed by atoms with E-state index >= 15 is 0 Å². The van der Waals surface area contributed by atoms with Crippen molar-refractivity contribution in [2.24, 2.45) is 4.99 Å². The Kier molecular flexibility index (Phi) is 7.00. The summed E-state index contributed by atoms with van der Waals surface area (Å²) < 4.78 is 11.0. The van der Waals surface area contributed by atoms with Gasteiger partial charge in [0, 0.05) is 0 Å². The molecule has 0 atom stereocenters. The van der Waals surface area contributed by atoms with Crippen molar-refractivity contribution < 1.29 is 19.4 Å². The number of thioether (sulfide) groups is 1. The van der Waals surface area contributed by atoms with Crippen molar-refractivity contribution >= 4 is 40.3 Å². The fourth-order valence-corrected chi connectivity index (χ4v) is 4.25. The molecule has 3 aromatic carbocycles. The first-order chi connectivity index (χ1) is 16.1. The second-order valence-corrected chi connectivity index (χ2v) is 8.10. The minimum Gasteiger partial charge on any atom is -0.508 e. The van der Waals surface area contributed by atoms with E-state index in [0.29, 0.717) is 29.0 Å². The SMILES string of the molecule is CCOc1ccc(N=C2S/C(=C\c3ccc(O)cc3)C(=O)N2c2ccc(OCC)cc2)cc1. The lowest BCUT2D eigenvalue weighted by Crippen LogP contribution is -2.28. The molecule has 1 saturated heterocycles. The number of hydrogen-bond acceptors (Lipinski definition) is 6. The summed E-state index contributed by atoms with van der Waals surface area (Å²) >= 11 is 1.31. The van der Waals surface area contributed by atoms with Crippen LogP contribution in [0.1, 0.15) is 19.4 Å². The maximum absolute atomic E-state index is 13.4. The van der Waals surface area contributed by atoms with Gasteiger partial charge in [-0.05, 0) is 97.9 Å². The molecular formula is C26H24N2O4S. The fourth-order valence-electron chi connectivity index (χ4n) is 3.25. The van der Waals surface area contributed by atoms with Crippen LogP contribution >= 0.6 is 11.8 Å². The average Bonchev–Trinajstić information content (AvgIpc) is 3.12. The van der Waals surface area contributed by atoms with Gasteiger partial charge in [0.2, 0.25) is 0 Å². The molecule has 4 rings (SSSR count). The van der Waals surface area contributed by atoms with Crippen molar-refractivity contribution in [3.63, 3.8) is 0 Å². The number of phenolic OH excluding ortho intramolecular Hbond substituents is 1. The molecule has 0 aliphatic carbocycles. The number of benzene rings is 3. The lowest BCUT2D eigenvalue weighted by atomic mass is 10.2. The van der Waals surface area contributed by atoms with Crippen LogP contribution in [0.4, 0.5) is 11.4 Å². The van der Waals surface area contributed by atoms with Gasteiger partial charge in [-0.2, -0.15) is 0 Å². The maximum atomic E-state index is 13.4. The number of phenols is 1. The van der Waals surface area contributed by atoms with Crippen molar-refractivity contribution in [2.45, 2.75) is 13.8 Å². The molecule has 7 heteroatoms. The third kappa shape index (κ3) is 5.38. The molecule has 1 amide bonds. The molecule has 0 radical (unpaired) electrons. The zero-order chi connectivity index (χ0) is 23.2. The minimum atomic E-state index is -0.165. The van der Waals surface area contributed by atoms with Crippen LogP contribution in [-0.2, 0) is 4.79 Å². The number of anilines is 1. The molecule has 33 heavy (non-hydrogen) atoms. The van der Waals surface area contributed by atoms with Gasteiger partial charge in [0.05, 0.1) is 29.5 Å². The van der Waals surface area contributed by atoms with E-state index in [1.807, 2.05) is 62.4 Å². The van der Waals surface area contributed by atoms with Crippen LogP contribution in [0.3, 0.4) is 0 Å². The largest absolute Gasteiger partial charge is 0.508 e. The van der Waals surface area contributed by atoms with E-state index < -0.39 is 0 Å². The standard InChI is InChI=1S/C26H24N2O4S/c1-3-31-22-13-7-19(8-14-22)27-26-28(20-9-15-23(16-10-20)32-4-2)25(30)24(33-26)17-18-5-11-21(29)12-6-18/h5-17,29H,3-4H2,1-2H3/b24-17-,27-26?. The van der Waals surface area contributed by atoms with Gasteiger partial charge in [-0.3, -0.25) is 9.69 Å². The van der Waals surface area contributed by atoms with Gasteiger partial charge in [-0.1, -0.05) is 12.1 Å². The lowest BCUT2D eigenvalue weighted by molar-refractivity contribution is -0.113. The Bertz CT molecular complexity index is 1170. The molecule has 1 heterocycles. The van der Waals surface area contributed by atoms with Crippen LogP contribution in [-0.4, -0.2) is 29.4 Å². The van der Waals surface area contributed by atoms with Gasteiger partial charge in [-0.25, -0.2) is 4.99 Å². The molecule has 1 fully saturated rings. The van der Waals surface area contributed by atoms with Crippen LogP contribution in [0, 0.1) is 0 Å². The molecule has 0 bridgehead atoms. The maximum Gasteiger partial charge on any atom is 0.271 e. The number of carbonyl (C=O) groups excluding carboxylic acids is 1. The Labute approximate surface area is 197 Å². The normalized spacial score (nSPS) is 15.9. The van der Waals surface area contributed by atoms with Gasteiger partial charge in [0.25, 0.3) is 5.91 Å². The molecule has 0 unspecified atom stereocenters. The molecule has 1 N–H and O–H groups in total. The van der Waals surface area contributed by atoms with Crippen molar-refractivity contribution in [1.29, 1.82) is 0 Å². The Hall–Kier alpha value is -3.71. The number of nitrogens with zero attached hydrogens (tertiary/aromatic N) is 2. The third-order valence-corrected chi connectivity index (χ3v) is 5.74. The van der Waals surface area contributed by atoms with Crippen LogP contribution in [0.2, 0.25) is 0 Å². The van der Waals surface area contributed by atoms with E-state index in [1.165, 1.54) is 11.8 Å². The van der Waals surface area contributed by atoms with E-state index in [-0.39, 0.29) is 11.7 Å². The van der Waals surface area contributed by atoms with Gasteiger partial charge < -0.3 is 14.6 Å². The molecule has 3 aromatic rings. The molecule has 168 valence electrons. The predicted molar refractivity (Wildman–Crippen MR) is 133 cm³/mol. The monoisotopic (exact) mass is 460 g/mol. The average molecular weight is 461 g/mol. The number of aliphatic imine (C=N–C) groups is 1. The van der Waals surface area contributed by atoms with Crippen molar-refractivity contribution in [3.05, 3.63) is 83.3 Å². The van der Waals surface area contributed by atoms with Crippen molar-refractivity contribution in [3.8, 4) is 17.2 Å². The lowest BCUT2D eigenvalue weighted by Gasteiger charge is -2.16. The molecule has 0 spiro atoms. The van der Waals surface area contributed by atoms with Crippen LogP contribution in [0.25, 0.3) is 6.08 Å². The summed E-state index contributed by atoms with van der Waals surface area (Å²) in [7, 11) is 0. The van der Waals surface area contributed by atoms with Crippen LogP contribution in [0.5, 0.6) is 17.2 Å². The van der Waals surface area contributed by atoms with Gasteiger partial charge in [-0.15, -0.1) is 0 Å². The first-order valence-corrected chi connectivity index (χ1v) is 11.5. The number of aromatic hydroxyl groups is 1. The zero-order valence-corrected chi connectivity index (χ0v) is 19.2. The highest BCUT2D eigenvalue weighted by Crippen LogP contribution is 2.38. The predicted octanol–water partition coefficient (Wildman–Crippen LogP) is 6.00. The fraction of sp³-hybridized carbons (Fsp3) is 0.154. The second kappa shape index (κ2) is 10.3. The molecule has 0 saturated carbocycles. The molecule has 1 aliphatic heterocycles. The van der Waals surface area contributed by atoms with Gasteiger partial charge >= 0.3 is 0 Å². The number of hydrogen-bond donors (Lipinski definition) is 1. The Morgan fingerprint density at radius 2 is 1.45 bits per heavy atom. The van der Waals surface area contributed by atoms with Gasteiger partial charge in [0.15, 0.2) is 5.17 Å². The summed E-state index contributed by atoms with van der Waals surface area (Å²) in [6.07, 6.45) is 1.80. The number of carbonyl (C=O) groups is 1. The second-order valence-electron chi connectivity index (χ2n) is 7.09. The molecular weight excluding hydrogens is 436 g/mol. The molecule has 6 nitrogen and oxygen atoms in total. The molecule has 1 aliphatic rings. The van der Waals surface area contributed by atoms with Crippen molar-refractivity contribution in [1.82, 2.24) is 0 Å². The number of amidine groups is 1. The summed E-state index contributed by atoms with van der Waals surface area (Å²) in [5.41, 5.74) is 2.24. The highest BCUT2D eigenvalue weighted by atomic mass is 32.2. The van der Waals surface area contributed by atoms with Crippen molar-refractivity contribution in [2.75, 3.05) is 18.1 Å². The summed E-state index contributed by atoms with van der Waals surface area (Å²) in [6.45, 7) is 5.03. The number of amides is 1. The highest BCUT2D eigenvalue weighted by Gasteiger charge is 2.34. The van der Waals surface area contributed by atoms with E-state index in [4.69, 9.17) is 14.5 Å². The third-order valence-electron chi connectivity index (χ3n) is 4.78. The smallest absolute Gasteiger partial charge is 0.271 e. The highest BCUT2D eigenvalue weighted by molar-refractivity contribution is 8.19. The topological polar surface area (TPSA) is 71.4 Å². The minimum absolute atomic E-state index is 0.165. The first-order valence-electron chi connectivity index (χ1n) is 10.6. The summed E-state index contributed by atoms with van der Waals surface area (Å²) in [5.74, 6) is 1.52. The summed E-state index contributed by atoms with van der Waals surface area (Å²) in [5, 5.41) is 10.1.